The smallest absolute Gasteiger partial charge is 0.261 e. The first-order chi connectivity index (χ1) is 13.5. The Hall–Kier alpha value is -3.52. The largest absolute Gasteiger partial charge is 0.326 e. The standard InChI is InChI=1S/C19H17ClN6O2/c1-13(27)22-17-7-3-5-15(9-17)18-11-26(25-23-18)12-19(28)24-21-10-14-4-2-6-16(20)8-14/h2-11H,12H2,1H3,(H,22,27)(H,24,28)/b21-10+. The third-order valence-electron chi connectivity index (χ3n) is 3.57. The van der Waals surface area contributed by atoms with Crippen LogP contribution in [0.1, 0.15) is 12.5 Å². The Morgan fingerprint density at radius 2 is 2.04 bits per heavy atom. The topological polar surface area (TPSA) is 101 Å². The summed E-state index contributed by atoms with van der Waals surface area (Å²) in [5.41, 5.74) is 5.22. The van der Waals surface area contributed by atoms with Gasteiger partial charge in [-0.1, -0.05) is 41.1 Å². The number of carbonyl (C=O) groups is 2. The lowest BCUT2D eigenvalue weighted by Crippen LogP contribution is -2.23. The highest BCUT2D eigenvalue weighted by Gasteiger charge is 2.08. The van der Waals surface area contributed by atoms with Gasteiger partial charge in [-0.05, 0) is 29.8 Å². The summed E-state index contributed by atoms with van der Waals surface area (Å²) in [5.74, 6) is -0.502. The highest BCUT2D eigenvalue weighted by molar-refractivity contribution is 6.30. The van der Waals surface area contributed by atoms with Crippen LogP contribution in [0.5, 0.6) is 0 Å². The van der Waals surface area contributed by atoms with Crippen molar-refractivity contribution >= 4 is 35.3 Å². The van der Waals surface area contributed by atoms with Crippen molar-refractivity contribution in [3.8, 4) is 11.3 Å². The second kappa shape index (κ2) is 8.92. The van der Waals surface area contributed by atoms with E-state index in [9.17, 15) is 9.59 Å². The molecule has 9 heteroatoms. The molecule has 3 rings (SSSR count). The van der Waals surface area contributed by atoms with Crippen LogP contribution in [-0.2, 0) is 16.1 Å². The lowest BCUT2D eigenvalue weighted by molar-refractivity contribution is -0.121. The second-order valence-corrected chi connectivity index (χ2v) is 6.35. The van der Waals surface area contributed by atoms with Gasteiger partial charge in [-0.25, -0.2) is 10.1 Å². The Morgan fingerprint density at radius 1 is 1.21 bits per heavy atom. The minimum Gasteiger partial charge on any atom is -0.326 e. The van der Waals surface area contributed by atoms with Crippen molar-refractivity contribution in [1.82, 2.24) is 20.4 Å². The van der Waals surface area contributed by atoms with Crippen molar-refractivity contribution in [3.05, 3.63) is 65.3 Å². The molecule has 0 fully saturated rings. The van der Waals surface area contributed by atoms with E-state index in [0.29, 0.717) is 16.4 Å². The Kier molecular flexibility index (Phi) is 6.13. The van der Waals surface area contributed by atoms with Gasteiger partial charge in [0.15, 0.2) is 0 Å². The second-order valence-electron chi connectivity index (χ2n) is 5.91. The third kappa shape index (κ3) is 5.49. The number of hydrazone groups is 1. The Bertz CT molecular complexity index is 1030. The van der Waals surface area contributed by atoms with Crippen molar-refractivity contribution in [1.29, 1.82) is 0 Å². The van der Waals surface area contributed by atoms with Crippen LogP contribution in [0.25, 0.3) is 11.3 Å². The summed E-state index contributed by atoms with van der Waals surface area (Å²) < 4.78 is 1.41. The molecule has 28 heavy (non-hydrogen) atoms. The molecular formula is C19H17ClN6O2. The Morgan fingerprint density at radius 3 is 2.82 bits per heavy atom. The molecule has 2 aromatic carbocycles. The lowest BCUT2D eigenvalue weighted by Gasteiger charge is -2.03. The molecule has 1 heterocycles. The number of nitrogens with one attached hydrogen (secondary N) is 2. The first-order valence-corrected chi connectivity index (χ1v) is 8.73. The molecule has 0 saturated heterocycles. The minimum atomic E-state index is -0.346. The number of anilines is 1. The summed E-state index contributed by atoms with van der Waals surface area (Å²) in [6.07, 6.45) is 3.15. The zero-order valence-electron chi connectivity index (χ0n) is 15.0. The molecule has 0 aliphatic carbocycles. The van der Waals surface area contributed by atoms with E-state index < -0.39 is 0 Å². The lowest BCUT2D eigenvalue weighted by atomic mass is 10.1. The fourth-order valence-corrected chi connectivity index (χ4v) is 2.61. The van der Waals surface area contributed by atoms with E-state index in [-0.39, 0.29) is 18.4 Å². The van der Waals surface area contributed by atoms with Gasteiger partial charge in [-0.15, -0.1) is 5.10 Å². The van der Waals surface area contributed by atoms with Crippen LogP contribution >= 0.6 is 11.6 Å². The summed E-state index contributed by atoms with van der Waals surface area (Å²) in [5, 5.41) is 15.2. The molecule has 2 N–H and O–H groups in total. The van der Waals surface area contributed by atoms with Gasteiger partial charge < -0.3 is 5.32 Å². The van der Waals surface area contributed by atoms with Crippen molar-refractivity contribution in [2.24, 2.45) is 5.10 Å². The number of carbonyl (C=O) groups excluding carboxylic acids is 2. The molecule has 0 radical (unpaired) electrons. The van der Waals surface area contributed by atoms with Crippen LogP contribution in [0.4, 0.5) is 5.69 Å². The van der Waals surface area contributed by atoms with Crippen LogP contribution in [0.2, 0.25) is 5.02 Å². The molecule has 0 aliphatic heterocycles. The third-order valence-corrected chi connectivity index (χ3v) is 3.81. The molecule has 2 amide bonds. The fraction of sp³-hybridized carbons (Fsp3) is 0.105. The maximum Gasteiger partial charge on any atom is 0.261 e. The van der Waals surface area contributed by atoms with Crippen LogP contribution in [-0.4, -0.2) is 33.0 Å². The number of amides is 2. The molecule has 0 spiro atoms. The summed E-state index contributed by atoms with van der Waals surface area (Å²) >= 11 is 5.89. The average Bonchev–Trinajstić information content (AvgIpc) is 3.10. The summed E-state index contributed by atoms with van der Waals surface area (Å²) in [4.78, 5) is 23.2. The van der Waals surface area contributed by atoms with Crippen molar-refractivity contribution < 1.29 is 9.59 Å². The number of rotatable bonds is 6. The molecule has 8 nitrogen and oxygen atoms in total. The van der Waals surface area contributed by atoms with Crippen LogP contribution in [0.15, 0.2) is 59.8 Å². The van der Waals surface area contributed by atoms with Crippen LogP contribution < -0.4 is 10.7 Å². The normalized spacial score (nSPS) is 10.8. The van der Waals surface area contributed by atoms with Gasteiger partial charge in [0.1, 0.15) is 12.2 Å². The monoisotopic (exact) mass is 396 g/mol. The summed E-state index contributed by atoms with van der Waals surface area (Å²) in [6.45, 7) is 1.40. The van der Waals surface area contributed by atoms with E-state index in [2.05, 4.69) is 26.2 Å². The quantitative estimate of drug-likeness (QED) is 0.494. The Balaban J connectivity index is 1.59. The van der Waals surface area contributed by atoms with Crippen molar-refractivity contribution in [2.45, 2.75) is 13.5 Å². The van der Waals surface area contributed by atoms with Crippen LogP contribution in [0, 0.1) is 0 Å². The molecule has 0 aliphatic rings. The SMILES string of the molecule is CC(=O)Nc1cccc(-c2cn(CC(=O)N/N=C/c3cccc(Cl)c3)nn2)c1. The number of benzene rings is 2. The molecule has 142 valence electrons. The van der Waals surface area contributed by atoms with Gasteiger partial charge in [0.05, 0.1) is 12.4 Å². The number of nitrogens with zero attached hydrogens (tertiary/aromatic N) is 4. The maximum atomic E-state index is 12.0. The van der Waals surface area contributed by atoms with E-state index in [4.69, 9.17) is 11.6 Å². The predicted octanol–water partition coefficient (Wildman–Crippen LogP) is 2.71. The van der Waals surface area contributed by atoms with Crippen molar-refractivity contribution in [2.75, 3.05) is 5.32 Å². The van der Waals surface area contributed by atoms with Gasteiger partial charge in [-0.2, -0.15) is 5.10 Å². The molecule has 0 saturated carbocycles. The molecule has 0 bridgehead atoms. The van der Waals surface area contributed by atoms with Crippen molar-refractivity contribution in [3.63, 3.8) is 0 Å². The molecule has 3 aromatic rings. The minimum absolute atomic E-state index is 0.0364. The van der Waals surface area contributed by atoms with E-state index >= 15 is 0 Å². The maximum absolute atomic E-state index is 12.0. The first-order valence-electron chi connectivity index (χ1n) is 8.35. The summed E-state index contributed by atoms with van der Waals surface area (Å²) in [6, 6.07) is 14.3. The van der Waals surface area contributed by atoms with Gasteiger partial charge in [0.2, 0.25) is 5.91 Å². The highest BCUT2D eigenvalue weighted by atomic mass is 35.5. The zero-order valence-corrected chi connectivity index (χ0v) is 15.7. The number of halogens is 1. The summed E-state index contributed by atoms with van der Waals surface area (Å²) in [7, 11) is 0. The number of hydrogen-bond donors (Lipinski definition) is 2. The van der Waals surface area contributed by atoms with Gasteiger partial charge >= 0.3 is 0 Å². The predicted molar refractivity (Wildman–Crippen MR) is 107 cm³/mol. The van der Waals surface area contributed by atoms with E-state index in [1.807, 2.05) is 12.1 Å². The molecule has 1 aromatic heterocycles. The van der Waals surface area contributed by atoms with E-state index in [0.717, 1.165) is 11.1 Å². The first kappa shape index (κ1) is 19.2. The highest BCUT2D eigenvalue weighted by Crippen LogP contribution is 2.20. The van der Waals surface area contributed by atoms with E-state index in [1.54, 1.807) is 42.6 Å². The molecule has 0 atom stereocenters. The van der Waals surface area contributed by atoms with E-state index in [1.165, 1.54) is 17.8 Å². The molecular weight excluding hydrogens is 380 g/mol. The average molecular weight is 397 g/mol. The molecule has 0 unspecified atom stereocenters. The fourth-order valence-electron chi connectivity index (χ4n) is 2.42. The van der Waals surface area contributed by atoms with Gasteiger partial charge in [0, 0.05) is 23.2 Å². The van der Waals surface area contributed by atoms with Gasteiger partial charge in [-0.3, -0.25) is 9.59 Å². The zero-order chi connectivity index (χ0) is 19.9. The van der Waals surface area contributed by atoms with Crippen LogP contribution in [0.3, 0.4) is 0 Å². The number of aromatic nitrogens is 3. The van der Waals surface area contributed by atoms with Gasteiger partial charge in [0.25, 0.3) is 5.91 Å². The Labute approximate surface area is 166 Å². The number of hydrogen-bond acceptors (Lipinski definition) is 5.